The van der Waals surface area contributed by atoms with E-state index in [1.807, 2.05) is 47.0 Å². The number of para-hydroxylation sites is 1. The lowest BCUT2D eigenvalue weighted by atomic mass is 10.2. The molecule has 0 unspecified atom stereocenters. The third-order valence-corrected chi connectivity index (χ3v) is 5.93. The Labute approximate surface area is 163 Å². The zero-order valence-corrected chi connectivity index (χ0v) is 16.0. The van der Waals surface area contributed by atoms with Crippen molar-refractivity contribution in [2.45, 2.75) is 5.16 Å². The van der Waals surface area contributed by atoms with Crippen LogP contribution in [0.25, 0.3) is 26.6 Å². The molecule has 0 aliphatic heterocycles. The van der Waals surface area contributed by atoms with Crippen molar-refractivity contribution in [3.63, 3.8) is 0 Å². The summed E-state index contributed by atoms with van der Waals surface area (Å²) in [5.41, 5.74) is 7.89. The van der Waals surface area contributed by atoms with E-state index < -0.39 is 0 Å². The van der Waals surface area contributed by atoms with E-state index in [0.717, 1.165) is 20.8 Å². The van der Waals surface area contributed by atoms with Crippen LogP contribution in [0.5, 0.6) is 0 Å². The minimum atomic E-state index is -0.324. The number of carbonyl (C=O) groups is 1. The van der Waals surface area contributed by atoms with Gasteiger partial charge < -0.3 is 10.5 Å². The summed E-state index contributed by atoms with van der Waals surface area (Å²) >= 11 is 2.73. The molecule has 136 valence electrons. The lowest BCUT2D eigenvalue weighted by molar-refractivity contribution is -0.137. The molecular formula is C18H15N5O2S2. The summed E-state index contributed by atoms with van der Waals surface area (Å²) in [6, 6.07) is 13.5. The molecule has 3 heterocycles. The number of carbonyl (C=O) groups excluding carboxylic acids is 1. The van der Waals surface area contributed by atoms with Gasteiger partial charge in [0.25, 0.3) is 0 Å². The molecule has 0 aliphatic rings. The molecule has 0 spiro atoms. The maximum Gasteiger partial charge on any atom is 0.316 e. The van der Waals surface area contributed by atoms with Crippen LogP contribution in [0.1, 0.15) is 0 Å². The molecule has 1 aromatic carbocycles. The summed E-state index contributed by atoms with van der Waals surface area (Å²) in [4.78, 5) is 17.6. The Morgan fingerprint density at radius 2 is 2.04 bits per heavy atom. The largest absolute Gasteiger partial charge is 0.468 e. The Hall–Kier alpha value is -2.91. The smallest absolute Gasteiger partial charge is 0.316 e. The average molecular weight is 397 g/mol. The van der Waals surface area contributed by atoms with Crippen LogP contribution >= 0.6 is 23.1 Å². The Kier molecular flexibility index (Phi) is 4.78. The number of aromatic nitrogens is 4. The molecule has 0 radical (unpaired) electrons. The van der Waals surface area contributed by atoms with Crippen LogP contribution in [-0.2, 0) is 9.53 Å². The van der Waals surface area contributed by atoms with Crippen LogP contribution in [0.3, 0.4) is 0 Å². The van der Waals surface area contributed by atoms with Gasteiger partial charge in [-0.2, -0.15) is 0 Å². The van der Waals surface area contributed by atoms with E-state index >= 15 is 0 Å². The molecule has 4 aromatic rings. The number of pyridine rings is 1. The number of hydrogen-bond donors (Lipinski definition) is 1. The van der Waals surface area contributed by atoms with E-state index in [4.69, 9.17) is 10.5 Å². The molecule has 0 aliphatic carbocycles. The standard InChI is InChI=1S/C18H15N5O2S2/c1-25-13(24)10-26-18-22-21-16(23(18)11-6-3-2-4-7-11)15-14(19)12-8-5-9-20-17(12)27-15/h2-9H,10,19H2,1H3. The molecule has 3 aromatic heterocycles. The highest BCUT2D eigenvalue weighted by atomic mass is 32.2. The van der Waals surface area contributed by atoms with Gasteiger partial charge in [-0.15, -0.1) is 21.5 Å². The number of hydrogen-bond acceptors (Lipinski definition) is 8. The molecule has 27 heavy (non-hydrogen) atoms. The first-order valence-electron chi connectivity index (χ1n) is 8.03. The number of anilines is 1. The number of thioether (sulfide) groups is 1. The number of nitrogen functional groups attached to an aromatic ring is 1. The van der Waals surface area contributed by atoms with Crippen LogP contribution in [0.15, 0.2) is 53.8 Å². The van der Waals surface area contributed by atoms with Crippen LogP contribution in [0.2, 0.25) is 0 Å². The van der Waals surface area contributed by atoms with Crippen LogP contribution in [-0.4, -0.2) is 38.6 Å². The van der Waals surface area contributed by atoms with Crippen molar-refractivity contribution >= 4 is 45.0 Å². The molecule has 0 saturated carbocycles. The predicted octanol–water partition coefficient (Wildman–Crippen LogP) is 3.39. The quantitative estimate of drug-likeness (QED) is 0.407. The topological polar surface area (TPSA) is 95.9 Å². The number of nitrogens with two attached hydrogens (primary N) is 1. The number of nitrogens with zero attached hydrogens (tertiary/aromatic N) is 4. The van der Waals surface area contributed by atoms with Gasteiger partial charge in [0, 0.05) is 17.3 Å². The third kappa shape index (κ3) is 3.26. The Morgan fingerprint density at radius 3 is 2.78 bits per heavy atom. The molecular weight excluding hydrogens is 382 g/mol. The minimum absolute atomic E-state index is 0.144. The number of methoxy groups -OCH3 is 1. The fourth-order valence-electron chi connectivity index (χ4n) is 2.62. The van der Waals surface area contributed by atoms with E-state index in [9.17, 15) is 4.79 Å². The van der Waals surface area contributed by atoms with Gasteiger partial charge in [0.05, 0.1) is 23.4 Å². The Bertz CT molecular complexity index is 1110. The number of benzene rings is 1. The van der Waals surface area contributed by atoms with E-state index in [0.29, 0.717) is 16.7 Å². The minimum Gasteiger partial charge on any atom is -0.468 e. The van der Waals surface area contributed by atoms with Crippen LogP contribution < -0.4 is 5.73 Å². The number of rotatable bonds is 5. The van der Waals surface area contributed by atoms with Gasteiger partial charge in [-0.05, 0) is 24.3 Å². The lowest BCUT2D eigenvalue weighted by Crippen LogP contribution is -2.05. The zero-order valence-electron chi connectivity index (χ0n) is 14.3. The summed E-state index contributed by atoms with van der Waals surface area (Å²) in [6.07, 6.45) is 1.74. The number of thiophene rings is 1. The normalized spacial score (nSPS) is 11.0. The van der Waals surface area contributed by atoms with Crippen LogP contribution in [0, 0.1) is 0 Å². The Balaban J connectivity index is 1.86. The van der Waals surface area contributed by atoms with E-state index in [1.54, 1.807) is 6.20 Å². The number of fused-ring (bicyclic) bond motifs is 1. The van der Waals surface area contributed by atoms with Crippen LogP contribution in [0.4, 0.5) is 5.69 Å². The first-order valence-corrected chi connectivity index (χ1v) is 9.83. The highest BCUT2D eigenvalue weighted by Gasteiger charge is 2.22. The average Bonchev–Trinajstić information content (AvgIpc) is 3.28. The maximum atomic E-state index is 11.6. The molecule has 2 N–H and O–H groups in total. The van der Waals surface area contributed by atoms with Crippen molar-refractivity contribution in [1.82, 2.24) is 19.7 Å². The molecule has 7 nitrogen and oxygen atoms in total. The van der Waals surface area contributed by atoms with Gasteiger partial charge in [-0.1, -0.05) is 30.0 Å². The molecule has 0 atom stereocenters. The van der Waals surface area contributed by atoms with Crippen molar-refractivity contribution in [3.05, 3.63) is 48.7 Å². The summed E-state index contributed by atoms with van der Waals surface area (Å²) in [7, 11) is 1.36. The van der Waals surface area contributed by atoms with E-state index in [-0.39, 0.29) is 11.7 Å². The highest BCUT2D eigenvalue weighted by Crippen LogP contribution is 2.40. The predicted molar refractivity (Wildman–Crippen MR) is 107 cm³/mol. The SMILES string of the molecule is COC(=O)CSc1nnc(-c2sc3ncccc3c2N)n1-c1ccccc1. The summed E-state index contributed by atoms with van der Waals surface area (Å²) in [5, 5.41) is 10.1. The van der Waals surface area contributed by atoms with Crippen molar-refractivity contribution in [2.75, 3.05) is 18.6 Å². The second kappa shape index (κ2) is 7.37. The molecule has 0 amide bonds. The summed E-state index contributed by atoms with van der Waals surface area (Å²) in [5.74, 6) is 0.439. The molecule has 4 rings (SSSR count). The van der Waals surface area contributed by atoms with E-state index in [2.05, 4.69) is 15.2 Å². The van der Waals surface area contributed by atoms with Crippen molar-refractivity contribution in [3.8, 4) is 16.4 Å². The van der Waals surface area contributed by atoms with Gasteiger partial charge in [0.2, 0.25) is 0 Å². The molecule has 0 saturated heterocycles. The highest BCUT2D eigenvalue weighted by molar-refractivity contribution is 7.99. The van der Waals surface area contributed by atoms with Crippen molar-refractivity contribution in [2.24, 2.45) is 0 Å². The maximum absolute atomic E-state index is 11.6. The van der Waals surface area contributed by atoms with Gasteiger partial charge >= 0.3 is 5.97 Å². The Morgan fingerprint density at radius 1 is 1.22 bits per heavy atom. The second-order valence-electron chi connectivity index (χ2n) is 5.54. The molecule has 9 heteroatoms. The summed E-state index contributed by atoms with van der Waals surface area (Å²) < 4.78 is 6.62. The monoisotopic (exact) mass is 397 g/mol. The lowest BCUT2D eigenvalue weighted by Gasteiger charge is -2.09. The fraction of sp³-hybridized carbons (Fsp3) is 0.111. The van der Waals surface area contributed by atoms with Gasteiger partial charge in [-0.3, -0.25) is 9.36 Å². The first kappa shape index (κ1) is 17.5. The zero-order chi connectivity index (χ0) is 18.8. The third-order valence-electron chi connectivity index (χ3n) is 3.90. The number of ether oxygens (including phenoxy) is 1. The first-order chi connectivity index (χ1) is 13.2. The van der Waals surface area contributed by atoms with Crippen molar-refractivity contribution < 1.29 is 9.53 Å². The second-order valence-corrected chi connectivity index (χ2v) is 7.48. The fourth-order valence-corrected chi connectivity index (χ4v) is 4.44. The van der Waals surface area contributed by atoms with Crippen molar-refractivity contribution in [1.29, 1.82) is 0 Å². The van der Waals surface area contributed by atoms with Gasteiger partial charge in [0.1, 0.15) is 4.83 Å². The summed E-state index contributed by atoms with van der Waals surface area (Å²) in [6.45, 7) is 0. The van der Waals surface area contributed by atoms with Gasteiger partial charge in [0.15, 0.2) is 11.0 Å². The number of esters is 1. The van der Waals surface area contributed by atoms with Gasteiger partial charge in [-0.25, -0.2) is 4.98 Å². The van der Waals surface area contributed by atoms with E-state index in [1.165, 1.54) is 30.2 Å². The molecule has 0 bridgehead atoms. The molecule has 0 fully saturated rings.